The van der Waals surface area contributed by atoms with Gasteiger partial charge in [0, 0.05) is 17.7 Å². The smallest absolute Gasteiger partial charge is 0.212 e. The van der Waals surface area contributed by atoms with Gasteiger partial charge < -0.3 is 10.1 Å². The number of ether oxygens (including phenoxy) is 1. The third kappa shape index (κ3) is 2.61. The van der Waals surface area contributed by atoms with Crippen molar-refractivity contribution in [3.63, 3.8) is 0 Å². The lowest BCUT2D eigenvalue weighted by Gasteiger charge is -2.39. The third-order valence-electron chi connectivity index (χ3n) is 3.48. The van der Waals surface area contributed by atoms with E-state index in [9.17, 15) is 0 Å². The number of hydrogen-bond donors (Lipinski definition) is 2. The van der Waals surface area contributed by atoms with Crippen LogP contribution in [0, 0.1) is 0 Å². The van der Waals surface area contributed by atoms with E-state index in [0.717, 1.165) is 16.8 Å². The summed E-state index contributed by atoms with van der Waals surface area (Å²) in [6, 6.07) is 19.9. The highest BCUT2D eigenvalue weighted by Crippen LogP contribution is 2.29. The maximum atomic E-state index is 6.12. The van der Waals surface area contributed by atoms with Crippen molar-refractivity contribution in [2.75, 3.05) is 6.61 Å². The summed E-state index contributed by atoms with van der Waals surface area (Å²) in [5.74, 6) is 0. The van der Waals surface area contributed by atoms with E-state index in [1.807, 2.05) is 67.6 Å². The van der Waals surface area contributed by atoms with Crippen molar-refractivity contribution in [3.05, 3.63) is 71.8 Å². The standard InChI is InChI=1S/C17H17N3OS/c1-2-21-17(14-11-7-4-8-12-14)15(19-20-16(22)18-17)13-9-5-3-6-10-13/h3-12H,2H2,1H3,(H2,18,20,22)/t17-/m1/s1. The van der Waals surface area contributed by atoms with Gasteiger partial charge in [-0.3, -0.25) is 5.43 Å². The van der Waals surface area contributed by atoms with Crippen LogP contribution in [-0.2, 0) is 10.5 Å². The minimum absolute atomic E-state index is 0.442. The van der Waals surface area contributed by atoms with Gasteiger partial charge >= 0.3 is 0 Å². The highest BCUT2D eigenvalue weighted by atomic mass is 32.1. The Morgan fingerprint density at radius 1 is 1.05 bits per heavy atom. The van der Waals surface area contributed by atoms with Gasteiger partial charge in [-0.25, -0.2) is 0 Å². The van der Waals surface area contributed by atoms with Gasteiger partial charge in [0.05, 0.1) is 0 Å². The second-order valence-electron chi connectivity index (χ2n) is 4.87. The SMILES string of the molecule is CCO[C@@]1(c2ccccc2)NC(=S)NN=C1c1ccccc1. The molecule has 3 rings (SSSR count). The summed E-state index contributed by atoms with van der Waals surface area (Å²) in [6.45, 7) is 2.48. The lowest BCUT2D eigenvalue weighted by Crippen LogP contribution is -2.60. The van der Waals surface area contributed by atoms with E-state index >= 15 is 0 Å². The normalized spacial score (nSPS) is 20.8. The van der Waals surface area contributed by atoms with Gasteiger partial charge in [0.1, 0.15) is 5.71 Å². The van der Waals surface area contributed by atoms with Crippen molar-refractivity contribution in [2.45, 2.75) is 12.6 Å². The maximum Gasteiger partial charge on any atom is 0.212 e. The van der Waals surface area contributed by atoms with E-state index in [1.165, 1.54) is 0 Å². The van der Waals surface area contributed by atoms with E-state index in [0.29, 0.717) is 11.7 Å². The number of nitrogens with zero attached hydrogens (tertiary/aromatic N) is 1. The second kappa shape index (κ2) is 6.25. The van der Waals surface area contributed by atoms with Crippen LogP contribution in [0.2, 0.25) is 0 Å². The molecule has 1 aliphatic heterocycles. The molecule has 0 aromatic heterocycles. The van der Waals surface area contributed by atoms with E-state index in [1.54, 1.807) is 0 Å². The molecule has 0 saturated carbocycles. The van der Waals surface area contributed by atoms with Crippen molar-refractivity contribution in [2.24, 2.45) is 5.10 Å². The topological polar surface area (TPSA) is 45.6 Å². The van der Waals surface area contributed by atoms with Crippen LogP contribution in [0.25, 0.3) is 0 Å². The molecule has 1 aliphatic rings. The fourth-order valence-electron chi connectivity index (χ4n) is 2.58. The van der Waals surface area contributed by atoms with Crippen LogP contribution in [0.5, 0.6) is 0 Å². The lowest BCUT2D eigenvalue weighted by molar-refractivity contribution is -0.00196. The summed E-state index contributed by atoms with van der Waals surface area (Å²) >= 11 is 5.26. The van der Waals surface area contributed by atoms with Gasteiger partial charge in [-0.05, 0) is 19.1 Å². The molecule has 0 saturated heterocycles. The van der Waals surface area contributed by atoms with Gasteiger partial charge in [0.15, 0.2) is 5.11 Å². The minimum atomic E-state index is -0.889. The molecular weight excluding hydrogens is 294 g/mol. The fourth-order valence-corrected chi connectivity index (χ4v) is 2.77. The second-order valence-corrected chi connectivity index (χ2v) is 5.28. The highest BCUT2D eigenvalue weighted by Gasteiger charge is 2.42. The van der Waals surface area contributed by atoms with Crippen LogP contribution < -0.4 is 10.7 Å². The predicted molar refractivity (Wildman–Crippen MR) is 91.6 cm³/mol. The van der Waals surface area contributed by atoms with Gasteiger partial charge in [0.2, 0.25) is 5.72 Å². The zero-order valence-electron chi connectivity index (χ0n) is 12.2. The van der Waals surface area contributed by atoms with Gasteiger partial charge in [-0.1, -0.05) is 60.7 Å². The molecule has 2 aromatic rings. The number of hydrogen-bond acceptors (Lipinski definition) is 3. The van der Waals surface area contributed by atoms with Crippen LogP contribution in [0.15, 0.2) is 65.8 Å². The largest absolute Gasteiger partial charge is 0.346 e. The molecule has 0 bridgehead atoms. The van der Waals surface area contributed by atoms with Crippen LogP contribution in [0.3, 0.4) is 0 Å². The Labute approximate surface area is 135 Å². The number of rotatable bonds is 4. The third-order valence-corrected chi connectivity index (χ3v) is 3.67. The van der Waals surface area contributed by atoms with E-state index in [2.05, 4.69) is 15.8 Å². The maximum absolute atomic E-state index is 6.12. The molecule has 112 valence electrons. The summed E-state index contributed by atoms with van der Waals surface area (Å²) in [6.07, 6.45) is 0. The summed E-state index contributed by atoms with van der Waals surface area (Å²) in [4.78, 5) is 0. The van der Waals surface area contributed by atoms with Crippen molar-refractivity contribution in [1.82, 2.24) is 10.7 Å². The molecule has 1 atom stereocenters. The number of benzene rings is 2. The first-order chi connectivity index (χ1) is 10.8. The van der Waals surface area contributed by atoms with E-state index in [-0.39, 0.29) is 0 Å². The first-order valence-electron chi connectivity index (χ1n) is 7.17. The Morgan fingerprint density at radius 3 is 2.32 bits per heavy atom. The minimum Gasteiger partial charge on any atom is -0.346 e. The molecule has 0 spiro atoms. The average Bonchev–Trinajstić information content (AvgIpc) is 2.57. The Hall–Kier alpha value is -2.24. The summed E-state index contributed by atoms with van der Waals surface area (Å²) in [7, 11) is 0. The summed E-state index contributed by atoms with van der Waals surface area (Å²) in [5.41, 5.74) is 4.65. The Balaban J connectivity index is 2.18. The molecule has 4 nitrogen and oxygen atoms in total. The first-order valence-corrected chi connectivity index (χ1v) is 7.58. The molecule has 2 aromatic carbocycles. The average molecular weight is 311 g/mol. The van der Waals surface area contributed by atoms with Crippen LogP contribution in [-0.4, -0.2) is 17.4 Å². The predicted octanol–water partition coefficient (Wildman–Crippen LogP) is 2.76. The van der Waals surface area contributed by atoms with Crippen molar-refractivity contribution >= 4 is 23.0 Å². The first kappa shape index (κ1) is 14.7. The molecule has 2 N–H and O–H groups in total. The van der Waals surface area contributed by atoms with Crippen LogP contribution in [0.1, 0.15) is 18.1 Å². The highest BCUT2D eigenvalue weighted by molar-refractivity contribution is 7.80. The summed E-state index contributed by atoms with van der Waals surface area (Å²) < 4.78 is 6.12. The van der Waals surface area contributed by atoms with Crippen molar-refractivity contribution < 1.29 is 4.74 Å². The Bertz CT molecular complexity index is 688. The molecule has 22 heavy (non-hydrogen) atoms. The molecule has 5 heteroatoms. The molecule has 0 amide bonds. The monoisotopic (exact) mass is 311 g/mol. The van der Waals surface area contributed by atoms with Crippen LogP contribution >= 0.6 is 12.2 Å². The lowest BCUT2D eigenvalue weighted by atomic mass is 9.92. The van der Waals surface area contributed by atoms with E-state index in [4.69, 9.17) is 17.0 Å². The molecule has 0 aliphatic carbocycles. The van der Waals surface area contributed by atoms with Crippen LogP contribution in [0.4, 0.5) is 0 Å². The molecule has 0 unspecified atom stereocenters. The van der Waals surface area contributed by atoms with E-state index < -0.39 is 5.72 Å². The number of nitrogens with one attached hydrogen (secondary N) is 2. The van der Waals surface area contributed by atoms with Crippen molar-refractivity contribution in [1.29, 1.82) is 0 Å². The molecule has 0 fully saturated rings. The molecule has 0 radical (unpaired) electrons. The fraction of sp³-hybridized carbons (Fsp3) is 0.176. The zero-order chi connectivity index (χ0) is 15.4. The Kier molecular flexibility index (Phi) is 4.18. The molecular formula is C17H17N3OS. The number of thiocarbonyl (C=S) groups is 1. The number of hydrazone groups is 1. The van der Waals surface area contributed by atoms with Crippen molar-refractivity contribution in [3.8, 4) is 0 Å². The quantitative estimate of drug-likeness (QED) is 0.852. The zero-order valence-corrected chi connectivity index (χ0v) is 13.1. The summed E-state index contributed by atoms with van der Waals surface area (Å²) in [5, 5.41) is 8.17. The van der Waals surface area contributed by atoms with Gasteiger partial charge in [-0.2, -0.15) is 5.10 Å². The molecule has 1 heterocycles. The van der Waals surface area contributed by atoms with Gasteiger partial charge in [-0.15, -0.1) is 0 Å². The van der Waals surface area contributed by atoms with Gasteiger partial charge in [0.25, 0.3) is 0 Å². The Morgan fingerprint density at radius 2 is 1.68 bits per heavy atom.